The highest BCUT2D eigenvalue weighted by Crippen LogP contribution is 2.58. The molecule has 9 rings (SSSR count). The summed E-state index contributed by atoms with van der Waals surface area (Å²) >= 11 is 0. The van der Waals surface area contributed by atoms with Gasteiger partial charge in [0.2, 0.25) is 5.91 Å². The van der Waals surface area contributed by atoms with Crippen molar-refractivity contribution in [3.63, 3.8) is 0 Å². The van der Waals surface area contributed by atoms with E-state index in [1.165, 1.54) is 18.1 Å². The molecule has 4 aliphatic heterocycles. The Labute approximate surface area is 507 Å². The predicted molar refractivity (Wildman–Crippen MR) is 332 cm³/mol. The number of nitrogens with zero attached hydrogens (tertiary/aromatic N) is 4. The minimum absolute atomic E-state index is 0.0310. The van der Waals surface area contributed by atoms with Crippen LogP contribution in [0.3, 0.4) is 0 Å². The maximum Gasteiger partial charge on any atom is 0.416 e. The Morgan fingerprint density at radius 1 is 0.791 bits per heavy atom. The van der Waals surface area contributed by atoms with Crippen LogP contribution in [0.25, 0.3) is 5.57 Å². The fourth-order valence-corrected chi connectivity index (χ4v) is 12.6. The maximum absolute atomic E-state index is 15.1. The van der Waals surface area contributed by atoms with Gasteiger partial charge in [-0.05, 0) is 128 Å². The molecule has 0 aromatic heterocycles. The first-order valence-corrected chi connectivity index (χ1v) is 32.9. The molecular formula is C67H85N5O13Si. The SMILES string of the molecule is C=CCOC(=O)N1C[C@@H]2CC(c3ccc(C)c(OC)c3)=CN2C(=O)c2cc(OC)c(OCCCOc3cc4c(cc3C)C(=O)N3CC5(CC5)C[C@H]3C(O[Si](C)(C)C(C)(C)C)N4C(=O)OCc3ccc(CC(=O)[C@H](C)NC(=O)[C@@H](C)C(C)C)cc3)cc21. The Hall–Kier alpha value is -7.64. The highest BCUT2D eigenvalue weighted by molar-refractivity contribution is 6.74. The molecule has 4 heterocycles. The zero-order valence-corrected chi connectivity index (χ0v) is 53.3. The van der Waals surface area contributed by atoms with Gasteiger partial charge in [-0.1, -0.05) is 90.6 Å². The van der Waals surface area contributed by atoms with Gasteiger partial charge in [-0.25, -0.2) is 14.5 Å². The fourth-order valence-electron chi connectivity index (χ4n) is 11.4. The number of benzene rings is 4. The number of methoxy groups -OCH3 is 2. The molecule has 5 amide bonds. The van der Waals surface area contributed by atoms with Gasteiger partial charge in [-0.2, -0.15) is 0 Å². The normalized spacial score (nSPS) is 19.3. The smallest absolute Gasteiger partial charge is 0.416 e. The number of ether oxygens (including phenoxy) is 6. The maximum atomic E-state index is 15.1. The molecule has 5 aliphatic rings. The number of ketones is 1. The molecule has 2 fully saturated rings. The van der Waals surface area contributed by atoms with Crippen molar-refractivity contribution >= 4 is 61.0 Å². The Balaban J connectivity index is 0.944. The molecule has 86 heavy (non-hydrogen) atoms. The predicted octanol–water partition coefficient (Wildman–Crippen LogP) is 12.0. The van der Waals surface area contributed by atoms with Gasteiger partial charge < -0.3 is 48.0 Å². The lowest BCUT2D eigenvalue weighted by Gasteiger charge is -2.44. The number of rotatable bonds is 21. The van der Waals surface area contributed by atoms with Crippen LogP contribution in [0.4, 0.5) is 21.0 Å². The molecule has 4 aromatic carbocycles. The third kappa shape index (κ3) is 13.2. The van der Waals surface area contributed by atoms with Crippen molar-refractivity contribution in [3.05, 3.63) is 125 Å². The number of amides is 5. The molecule has 19 heteroatoms. The second kappa shape index (κ2) is 25.4. The first-order chi connectivity index (χ1) is 40.8. The van der Waals surface area contributed by atoms with E-state index in [1.54, 1.807) is 48.1 Å². The van der Waals surface area contributed by atoms with Gasteiger partial charge in [0.05, 0.1) is 74.6 Å². The Morgan fingerprint density at radius 2 is 1.45 bits per heavy atom. The molecule has 0 radical (unpaired) electrons. The summed E-state index contributed by atoms with van der Waals surface area (Å²) in [5.74, 6) is 0.917. The van der Waals surface area contributed by atoms with E-state index in [1.807, 2.05) is 88.2 Å². The van der Waals surface area contributed by atoms with Crippen molar-refractivity contribution in [2.24, 2.45) is 17.3 Å². The van der Waals surface area contributed by atoms with Crippen LogP contribution in [0.1, 0.15) is 129 Å². The number of carbonyl (C=O) groups is 6. The van der Waals surface area contributed by atoms with Crippen LogP contribution in [0.2, 0.25) is 18.1 Å². The Bertz CT molecular complexity index is 3310. The number of hydrogen-bond donors (Lipinski definition) is 1. The zero-order chi connectivity index (χ0) is 62.2. The van der Waals surface area contributed by atoms with Crippen LogP contribution in [-0.4, -0.2) is 125 Å². The lowest BCUT2D eigenvalue weighted by Crippen LogP contribution is -2.58. The number of anilines is 2. The minimum Gasteiger partial charge on any atom is -0.496 e. The molecule has 1 spiro atoms. The average molecular weight is 1200 g/mol. The topological polar surface area (TPSA) is 192 Å². The van der Waals surface area contributed by atoms with Gasteiger partial charge in [-0.3, -0.25) is 24.1 Å². The monoisotopic (exact) mass is 1200 g/mol. The van der Waals surface area contributed by atoms with E-state index in [9.17, 15) is 19.2 Å². The van der Waals surface area contributed by atoms with Crippen molar-refractivity contribution in [1.82, 2.24) is 15.1 Å². The van der Waals surface area contributed by atoms with Gasteiger partial charge in [0.25, 0.3) is 11.8 Å². The van der Waals surface area contributed by atoms with Gasteiger partial charge in [0.1, 0.15) is 24.7 Å². The van der Waals surface area contributed by atoms with Crippen LogP contribution in [-0.2, 0) is 36.5 Å². The van der Waals surface area contributed by atoms with Crippen molar-refractivity contribution in [2.45, 2.75) is 150 Å². The Morgan fingerprint density at radius 3 is 2.10 bits per heavy atom. The van der Waals surface area contributed by atoms with Crippen molar-refractivity contribution in [2.75, 3.05) is 56.9 Å². The van der Waals surface area contributed by atoms with Crippen LogP contribution < -0.4 is 34.1 Å². The molecule has 5 atom stereocenters. The van der Waals surface area contributed by atoms with Crippen LogP contribution in [0.5, 0.6) is 23.0 Å². The number of carbonyl (C=O) groups excluding carboxylic acids is 6. The number of fused-ring (bicyclic) bond motifs is 4. The highest BCUT2D eigenvalue weighted by Gasteiger charge is 2.60. The van der Waals surface area contributed by atoms with E-state index < -0.39 is 44.9 Å². The molecule has 1 saturated carbocycles. The first-order valence-electron chi connectivity index (χ1n) is 30.0. The summed E-state index contributed by atoms with van der Waals surface area (Å²) in [6.45, 7) is 26.6. The van der Waals surface area contributed by atoms with E-state index in [4.69, 9.17) is 32.8 Å². The van der Waals surface area contributed by atoms with Crippen molar-refractivity contribution in [1.29, 1.82) is 0 Å². The van der Waals surface area contributed by atoms with Gasteiger partial charge in [-0.15, -0.1) is 0 Å². The molecule has 460 valence electrons. The van der Waals surface area contributed by atoms with E-state index in [0.29, 0.717) is 65.4 Å². The third-order valence-electron chi connectivity index (χ3n) is 18.3. The molecule has 1 saturated heterocycles. The fraction of sp³-hybridized carbons (Fsp3) is 0.493. The quantitative estimate of drug-likeness (QED) is 0.0471. The Kier molecular flexibility index (Phi) is 18.5. The van der Waals surface area contributed by atoms with Gasteiger partial charge in [0.15, 0.2) is 31.8 Å². The highest BCUT2D eigenvalue weighted by atomic mass is 28.4. The molecule has 1 aliphatic carbocycles. The number of Topliss-reactive ketones (excluding diaryl/α,β-unsaturated/α-hetero) is 1. The minimum atomic E-state index is -2.66. The zero-order valence-electron chi connectivity index (χ0n) is 52.3. The van der Waals surface area contributed by atoms with Crippen LogP contribution >= 0.6 is 0 Å². The molecular weight excluding hydrogens is 1110 g/mol. The van der Waals surface area contributed by atoms with Crippen molar-refractivity contribution in [3.8, 4) is 23.0 Å². The summed E-state index contributed by atoms with van der Waals surface area (Å²) in [7, 11) is 0.457. The molecule has 4 aromatic rings. The molecule has 1 N–H and O–H groups in total. The number of hydrogen-bond acceptors (Lipinski definition) is 13. The molecule has 18 nitrogen and oxygen atoms in total. The number of nitrogens with one attached hydrogen (secondary N) is 1. The summed E-state index contributed by atoms with van der Waals surface area (Å²) in [5.41, 5.74) is 6.14. The third-order valence-corrected chi connectivity index (χ3v) is 22.7. The molecule has 0 bridgehead atoms. The van der Waals surface area contributed by atoms with E-state index in [2.05, 4.69) is 45.8 Å². The summed E-state index contributed by atoms with van der Waals surface area (Å²) < 4.78 is 43.5. The summed E-state index contributed by atoms with van der Waals surface area (Å²) in [4.78, 5) is 91.0. The lowest BCUT2D eigenvalue weighted by molar-refractivity contribution is -0.130. The largest absolute Gasteiger partial charge is 0.496 e. The van der Waals surface area contributed by atoms with Crippen LogP contribution in [0, 0.1) is 31.1 Å². The molecule has 1 unspecified atom stereocenters. The summed E-state index contributed by atoms with van der Waals surface area (Å²) in [5, 5.41) is 2.60. The summed E-state index contributed by atoms with van der Waals surface area (Å²) in [6.07, 6.45) is 4.76. The standard InChI is InChI=1S/C67H85N5O13Si/c1-15-25-83-64(77)70-37-49-30-48(47-22-17-41(4)56(31-47)79-11)36-69(49)61(75)51-32-58(80-12)59(33-52(51)70)82-27-16-26-81-57-34-53-50(28-42(57)5)62(76)71-39-67(23-24-67)35-54(71)63(85-86(13,14)66(8,9)10)72(53)65(78)84-38-46-20-18-45(19-21-46)29-55(73)44(7)68-60(74)43(6)40(2)3/h15,17-22,28,31-34,36,40,43-44,49,54,63H,1,16,23-27,29-30,35,37-39H2,2-14H3,(H,68,74)/t43-,44-,49-,54-,63?/m0/s1. The first kappa shape index (κ1) is 62.9. The average Bonchev–Trinajstić information content (AvgIpc) is 1.59. The number of aryl methyl sites for hydroxylation is 2. The second-order valence-electron chi connectivity index (χ2n) is 25.7. The van der Waals surface area contributed by atoms with E-state index in [0.717, 1.165) is 40.9 Å². The van der Waals surface area contributed by atoms with Crippen LogP contribution in [0.15, 0.2) is 85.6 Å². The summed E-state index contributed by atoms with van der Waals surface area (Å²) in [6, 6.07) is 18.5. The van der Waals surface area contributed by atoms with E-state index >= 15 is 9.59 Å². The second-order valence-corrected chi connectivity index (χ2v) is 30.5. The lowest BCUT2D eigenvalue weighted by atomic mass is 9.96. The van der Waals surface area contributed by atoms with Gasteiger partial charge >= 0.3 is 12.2 Å². The van der Waals surface area contributed by atoms with Crippen molar-refractivity contribution < 1.29 is 61.6 Å². The van der Waals surface area contributed by atoms with Gasteiger partial charge in [0, 0.05) is 43.6 Å². The van der Waals surface area contributed by atoms with E-state index in [-0.39, 0.29) is 96.5 Å².